The van der Waals surface area contributed by atoms with Crippen molar-refractivity contribution in [3.8, 4) is 22.8 Å². The van der Waals surface area contributed by atoms with Crippen molar-refractivity contribution in [3.63, 3.8) is 0 Å². The summed E-state index contributed by atoms with van der Waals surface area (Å²) in [7, 11) is 0. The molecule has 0 fully saturated rings. The lowest BCUT2D eigenvalue weighted by Crippen LogP contribution is -2.04. The normalized spacial score (nSPS) is 10.9. The minimum atomic E-state index is 0.537. The molecule has 0 radical (unpaired) electrons. The van der Waals surface area contributed by atoms with Gasteiger partial charge in [0.05, 0.1) is 24.7 Å². The monoisotopic (exact) mass is 382 g/mol. The number of nitrogens with zero attached hydrogens (tertiary/aromatic N) is 3. The molecule has 0 bridgehead atoms. The van der Waals surface area contributed by atoms with Gasteiger partial charge in [-0.1, -0.05) is 30.3 Å². The molecule has 0 spiro atoms. The van der Waals surface area contributed by atoms with E-state index in [9.17, 15) is 0 Å². The molecule has 29 heavy (non-hydrogen) atoms. The van der Waals surface area contributed by atoms with Crippen LogP contribution >= 0.6 is 0 Å². The number of benzene rings is 2. The fourth-order valence-electron chi connectivity index (χ4n) is 3.21. The van der Waals surface area contributed by atoms with Crippen molar-refractivity contribution in [2.75, 3.05) is 5.32 Å². The number of ether oxygens (including phenoxy) is 1. The number of anilines is 1. The van der Waals surface area contributed by atoms with Crippen molar-refractivity contribution < 1.29 is 9.15 Å². The summed E-state index contributed by atoms with van der Waals surface area (Å²) in [5, 5.41) is 3.29. The largest absolute Gasteiger partial charge is 0.467 e. The first-order valence-corrected chi connectivity index (χ1v) is 9.29. The number of aromatic nitrogens is 3. The van der Waals surface area contributed by atoms with E-state index in [1.807, 2.05) is 83.5 Å². The molecule has 0 atom stereocenters. The van der Waals surface area contributed by atoms with Gasteiger partial charge >= 0.3 is 0 Å². The predicted octanol–water partition coefficient (Wildman–Crippen LogP) is 5.39. The molecular weight excluding hydrogens is 364 g/mol. The van der Waals surface area contributed by atoms with Gasteiger partial charge in [0, 0.05) is 18.0 Å². The van der Waals surface area contributed by atoms with Crippen LogP contribution in [-0.4, -0.2) is 14.4 Å². The van der Waals surface area contributed by atoms with Crippen molar-refractivity contribution in [2.24, 2.45) is 0 Å². The summed E-state index contributed by atoms with van der Waals surface area (Å²) in [6.07, 6.45) is 7.16. The van der Waals surface area contributed by atoms with E-state index in [1.54, 1.807) is 12.5 Å². The van der Waals surface area contributed by atoms with Crippen molar-refractivity contribution in [2.45, 2.75) is 6.54 Å². The Balaban J connectivity index is 1.51. The number of fused-ring (bicyclic) bond motifs is 1. The third kappa shape index (κ3) is 3.43. The summed E-state index contributed by atoms with van der Waals surface area (Å²) < 4.78 is 13.5. The van der Waals surface area contributed by atoms with Crippen LogP contribution in [0, 0.1) is 0 Å². The second-order valence-electron chi connectivity index (χ2n) is 6.46. The number of imidazole rings is 1. The van der Waals surface area contributed by atoms with Gasteiger partial charge in [-0.2, -0.15) is 0 Å². The SMILES string of the molecule is c1ccc(Oc2ccccc2-c2cnc(NCc3ccco3)c3nccn23)cc1. The molecule has 5 rings (SSSR count). The van der Waals surface area contributed by atoms with E-state index in [1.165, 1.54) is 0 Å². The standard InChI is InChI=1S/C23H18N4O2/c1-2-7-17(8-3-1)29-21-11-5-4-10-19(21)20-16-26-22(23-24-12-13-27(20)23)25-15-18-9-6-14-28-18/h1-14,16H,15H2,(H,25,26). The summed E-state index contributed by atoms with van der Waals surface area (Å²) in [5.41, 5.74) is 2.57. The zero-order valence-corrected chi connectivity index (χ0v) is 15.5. The van der Waals surface area contributed by atoms with Crippen molar-refractivity contribution in [1.29, 1.82) is 0 Å². The summed E-state index contributed by atoms with van der Waals surface area (Å²) in [4.78, 5) is 9.10. The summed E-state index contributed by atoms with van der Waals surface area (Å²) in [5.74, 6) is 3.07. The second-order valence-corrected chi connectivity index (χ2v) is 6.46. The van der Waals surface area contributed by atoms with Crippen LogP contribution in [0.2, 0.25) is 0 Å². The third-order valence-corrected chi connectivity index (χ3v) is 4.57. The highest BCUT2D eigenvalue weighted by molar-refractivity contribution is 5.73. The van der Waals surface area contributed by atoms with Crippen LogP contribution in [0.25, 0.3) is 16.9 Å². The van der Waals surface area contributed by atoms with Gasteiger partial charge in [0.2, 0.25) is 0 Å². The van der Waals surface area contributed by atoms with Crippen LogP contribution in [-0.2, 0) is 6.54 Å². The van der Waals surface area contributed by atoms with Crippen LogP contribution in [0.3, 0.4) is 0 Å². The zero-order chi connectivity index (χ0) is 19.5. The number of hydrogen-bond donors (Lipinski definition) is 1. The Morgan fingerprint density at radius 1 is 0.931 bits per heavy atom. The topological polar surface area (TPSA) is 64.6 Å². The van der Waals surface area contributed by atoms with Gasteiger partial charge in [-0.15, -0.1) is 0 Å². The molecule has 142 valence electrons. The first-order valence-electron chi connectivity index (χ1n) is 9.29. The second kappa shape index (κ2) is 7.52. The van der Waals surface area contributed by atoms with Gasteiger partial charge < -0.3 is 14.5 Å². The molecule has 0 amide bonds. The van der Waals surface area contributed by atoms with Gasteiger partial charge in [0.15, 0.2) is 11.5 Å². The number of nitrogens with one attached hydrogen (secondary N) is 1. The number of rotatable bonds is 6. The zero-order valence-electron chi connectivity index (χ0n) is 15.5. The summed E-state index contributed by atoms with van der Waals surface area (Å²) in [6.45, 7) is 0.537. The van der Waals surface area contributed by atoms with Crippen molar-refractivity contribution in [1.82, 2.24) is 14.4 Å². The first-order chi connectivity index (χ1) is 14.4. The fraction of sp³-hybridized carbons (Fsp3) is 0.0435. The quantitative estimate of drug-likeness (QED) is 0.426. The number of para-hydroxylation sites is 2. The van der Waals surface area contributed by atoms with Crippen LogP contribution < -0.4 is 10.1 Å². The van der Waals surface area contributed by atoms with Gasteiger partial charge in [0.1, 0.15) is 17.3 Å². The molecule has 0 saturated carbocycles. The van der Waals surface area contributed by atoms with E-state index in [0.717, 1.165) is 34.2 Å². The average molecular weight is 382 g/mol. The molecule has 3 aromatic heterocycles. The smallest absolute Gasteiger partial charge is 0.180 e. The molecule has 0 aliphatic heterocycles. The maximum atomic E-state index is 6.13. The molecule has 6 nitrogen and oxygen atoms in total. The van der Waals surface area contributed by atoms with Crippen LogP contribution in [0.5, 0.6) is 11.5 Å². The Hall–Kier alpha value is -4.06. The average Bonchev–Trinajstić information content (AvgIpc) is 3.46. The van der Waals surface area contributed by atoms with Gasteiger partial charge in [-0.25, -0.2) is 9.97 Å². The van der Waals surface area contributed by atoms with Gasteiger partial charge in [0.25, 0.3) is 0 Å². The molecule has 0 aliphatic rings. The Morgan fingerprint density at radius 2 is 1.79 bits per heavy atom. The van der Waals surface area contributed by atoms with E-state index in [0.29, 0.717) is 12.4 Å². The van der Waals surface area contributed by atoms with Crippen molar-refractivity contribution >= 4 is 11.5 Å². The predicted molar refractivity (Wildman–Crippen MR) is 111 cm³/mol. The highest BCUT2D eigenvalue weighted by Gasteiger charge is 2.14. The molecule has 6 heteroatoms. The Morgan fingerprint density at radius 3 is 2.66 bits per heavy atom. The first kappa shape index (κ1) is 17.1. The lowest BCUT2D eigenvalue weighted by Gasteiger charge is -2.14. The molecule has 1 N–H and O–H groups in total. The lowest BCUT2D eigenvalue weighted by atomic mass is 10.1. The Bertz CT molecular complexity index is 1230. The lowest BCUT2D eigenvalue weighted by molar-refractivity contribution is 0.484. The van der Waals surface area contributed by atoms with Crippen LogP contribution in [0.4, 0.5) is 5.82 Å². The third-order valence-electron chi connectivity index (χ3n) is 4.57. The van der Waals surface area contributed by atoms with Gasteiger partial charge in [-0.05, 0) is 36.4 Å². The summed E-state index contributed by atoms with van der Waals surface area (Å²) >= 11 is 0. The molecule has 0 unspecified atom stereocenters. The minimum absolute atomic E-state index is 0.537. The summed E-state index contributed by atoms with van der Waals surface area (Å²) in [6, 6.07) is 21.4. The molecular formula is C23H18N4O2. The molecule has 3 heterocycles. The highest BCUT2D eigenvalue weighted by atomic mass is 16.5. The van der Waals surface area contributed by atoms with Crippen LogP contribution in [0.1, 0.15) is 5.76 Å². The molecule has 2 aromatic carbocycles. The Labute approximate surface area is 167 Å². The molecule has 0 aliphatic carbocycles. The highest BCUT2D eigenvalue weighted by Crippen LogP contribution is 2.34. The van der Waals surface area contributed by atoms with E-state index in [2.05, 4.69) is 15.3 Å². The maximum Gasteiger partial charge on any atom is 0.180 e. The van der Waals surface area contributed by atoms with E-state index in [4.69, 9.17) is 9.15 Å². The Kier molecular flexibility index (Phi) is 4.42. The maximum absolute atomic E-state index is 6.13. The number of furan rings is 1. The van der Waals surface area contributed by atoms with Gasteiger partial charge in [-0.3, -0.25) is 4.40 Å². The van der Waals surface area contributed by atoms with E-state index >= 15 is 0 Å². The minimum Gasteiger partial charge on any atom is -0.467 e. The number of hydrogen-bond acceptors (Lipinski definition) is 5. The van der Waals surface area contributed by atoms with Crippen molar-refractivity contribution in [3.05, 3.63) is 97.3 Å². The fourth-order valence-corrected chi connectivity index (χ4v) is 3.21. The van der Waals surface area contributed by atoms with Crippen LogP contribution in [0.15, 0.2) is 96.0 Å². The van der Waals surface area contributed by atoms with E-state index in [-0.39, 0.29) is 0 Å². The van der Waals surface area contributed by atoms with E-state index < -0.39 is 0 Å². The molecule has 0 saturated heterocycles. The molecule has 5 aromatic rings.